The Hall–Kier alpha value is -2.11. The van der Waals surface area contributed by atoms with E-state index in [0.29, 0.717) is 5.56 Å². The highest BCUT2D eigenvalue weighted by Gasteiger charge is 2.14. The fourth-order valence-electron chi connectivity index (χ4n) is 1.47. The number of ether oxygens (including phenoxy) is 1. The number of carboxylic acid groups (broad SMARTS) is 1. The molecule has 98 valence electrons. The van der Waals surface area contributed by atoms with Gasteiger partial charge in [0.2, 0.25) is 5.91 Å². The summed E-state index contributed by atoms with van der Waals surface area (Å²) in [4.78, 5) is 21.6. The third-order valence-corrected chi connectivity index (χ3v) is 2.37. The summed E-state index contributed by atoms with van der Waals surface area (Å²) in [5.41, 5.74) is 0.534. The SMILES string of the molecule is COc1ccc(C(C)NC(=O)CC(=O)O)cc1F. The minimum Gasteiger partial charge on any atom is -0.494 e. The summed E-state index contributed by atoms with van der Waals surface area (Å²) < 4.78 is 18.2. The summed E-state index contributed by atoms with van der Waals surface area (Å²) in [6.07, 6.45) is -0.608. The van der Waals surface area contributed by atoms with Crippen LogP contribution in [-0.4, -0.2) is 24.1 Å². The smallest absolute Gasteiger partial charge is 0.312 e. The van der Waals surface area contributed by atoms with Crippen molar-refractivity contribution in [3.63, 3.8) is 0 Å². The molecule has 1 atom stereocenters. The Morgan fingerprint density at radius 1 is 1.50 bits per heavy atom. The predicted molar refractivity (Wildman–Crippen MR) is 61.8 cm³/mol. The Bertz CT molecular complexity index is 461. The number of carboxylic acids is 1. The maximum Gasteiger partial charge on any atom is 0.312 e. The van der Waals surface area contributed by atoms with E-state index >= 15 is 0 Å². The lowest BCUT2D eigenvalue weighted by Gasteiger charge is -2.14. The minimum absolute atomic E-state index is 0.114. The number of amides is 1. The highest BCUT2D eigenvalue weighted by Crippen LogP contribution is 2.21. The second-order valence-electron chi connectivity index (χ2n) is 3.75. The number of carbonyl (C=O) groups is 2. The molecule has 0 bridgehead atoms. The second kappa shape index (κ2) is 6.00. The standard InChI is InChI=1S/C12H14FNO4/c1-7(14-11(15)6-12(16)17)8-3-4-10(18-2)9(13)5-8/h3-5,7H,6H2,1-2H3,(H,14,15)(H,16,17). The van der Waals surface area contributed by atoms with Crippen LogP contribution in [0.4, 0.5) is 4.39 Å². The largest absolute Gasteiger partial charge is 0.494 e. The molecule has 2 N–H and O–H groups in total. The fourth-order valence-corrected chi connectivity index (χ4v) is 1.47. The molecular weight excluding hydrogens is 241 g/mol. The van der Waals surface area contributed by atoms with Gasteiger partial charge in [-0.3, -0.25) is 9.59 Å². The van der Waals surface area contributed by atoms with Gasteiger partial charge in [-0.1, -0.05) is 6.07 Å². The highest BCUT2D eigenvalue weighted by atomic mass is 19.1. The van der Waals surface area contributed by atoms with Gasteiger partial charge in [0.05, 0.1) is 13.2 Å². The van der Waals surface area contributed by atoms with E-state index in [1.165, 1.54) is 19.2 Å². The number of benzene rings is 1. The van der Waals surface area contributed by atoms with Crippen molar-refractivity contribution in [3.05, 3.63) is 29.6 Å². The second-order valence-corrected chi connectivity index (χ2v) is 3.75. The molecule has 1 unspecified atom stereocenters. The van der Waals surface area contributed by atoms with E-state index in [-0.39, 0.29) is 5.75 Å². The van der Waals surface area contributed by atoms with Crippen molar-refractivity contribution in [1.82, 2.24) is 5.32 Å². The van der Waals surface area contributed by atoms with E-state index in [4.69, 9.17) is 9.84 Å². The van der Waals surface area contributed by atoms with Gasteiger partial charge in [0.15, 0.2) is 11.6 Å². The van der Waals surface area contributed by atoms with Crippen LogP contribution in [-0.2, 0) is 9.59 Å². The van der Waals surface area contributed by atoms with Gasteiger partial charge in [-0.2, -0.15) is 0 Å². The van der Waals surface area contributed by atoms with Crippen LogP contribution in [0.2, 0.25) is 0 Å². The first-order chi connectivity index (χ1) is 8.43. The van der Waals surface area contributed by atoms with Crippen molar-refractivity contribution < 1.29 is 23.8 Å². The Morgan fingerprint density at radius 3 is 2.67 bits per heavy atom. The molecule has 0 saturated heterocycles. The molecule has 0 aliphatic carbocycles. The number of halogens is 1. The topological polar surface area (TPSA) is 75.6 Å². The Balaban J connectivity index is 2.72. The van der Waals surface area contributed by atoms with E-state index < -0.39 is 30.2 Å². The molecule has 5 nitrogen and oxygen atoms in total. The number of rotatable bonds is 5. The summed E-state index contributed by atoms with van der Waals surface area (Å²) in [6.45, 7) is 1.64. The lowest BCUT2D eigenvalue weighted by molar-refractivity contribution is -0.140. The quantitative estimate of drug-likeness (QED) is 0.781. The monoisotopic (exact) mass is 255 g/mol. The van der Waals surface area contributed by atoms with Crippen LogP contribution in [0, 0.1) is 5.82 Å². The number of carbonyl (C=O) groups excluding carboxylic acids is 1. The van der Waals surface area contributed by atoms with Crippen molar-refractivity contribution in [1.29, 1.82) is 0 Å². The zero-order chi connectivity index (χ0) is 13.7. The minimum atomic E-state index is -1.21. The highest BCUT2D eigenvalue weighted by molar-refractivity contribution is 5.93. The number of methoxy groups -OCH3 is 1. The molecule has 0 radical (unpaired) electrons. The Kier molecular flexibility index (Phi) is 4.65. The van der Waals surface area contributed by atoms with Crippen molar-refractivity contribution in [3.8, 4) is 5.75 Å². The summed E-state index contributed by atoms with van der Waals surface area (Å²) in [6, 6.07) is 3.82. The van der Waals surface area contributed by atoms with E-state index in [1.807, 2.05) is 0 Å². The first-order valence-electron chi connectivity index (χ1n) is 5.28. The average Bonchev–Trinajstić information content (AvgIpc) is 2.27. The molecule has 1 aromatic rings. The number of aliphatic carboxylic acids is 1. The zero-order valence-electron chi connectivity index (χ0n) is 10.1. The van der Waals surface area contributed by atoms with Crippen LogP contribution < -0.4 is 10.1 Å². The molecule has 18 heavy (non-hydrogen) atoms. The van der Waals surface area contributed by atoms with Crippen molar-refractivity contribution >= 4 is 11.9 Å². The molecule has 0 spiro atoms. The lowest BCUT2D eigenvalue weighted by atomic mass is 10.1. The van der Waals surface area contributed by atoms with Crippen LogP contribution >= 0.6 is 0 Å². The predicted octanol–water partition coefficient (Wildman–Crippen LogP) is 1.49. The van der Waals surface area contributed by atoms with Gasteiger partial charge >= 0.3 is 5.97 Å². The molecule has 0 aliphatic rings. The third kappa shape index (κ3) is 3.73. The maximum absolute atomic E-state index is 13.4. The first-order valence-corrected chi connectivity index (χ1v) is 5.28. The average molecular weight is 255 g/mol. The van der Waals surface area contributed by atoms with Crippen molar-refractivity contribution in [2.75, 3.05) is 7.11 Å². The van der Waals surface area contributed by atoms with Gasteiger partial charge in [0.1, 0.15) is 6.42 Å². The first kappa shape index (κ1) is 14.0. The molecule has 1 aromatic carbocycles. The molecular formula is C12H14FNO4. The Morgan fingerprint density at radius 2 is 2.17 bits per heavy atom. The summed E-state index contributed by atoms with van der Waals surface area (Å²) >= 11 is 0. The van der Waals surface area contributed by atoms with Gasteiger partial charge in [0.25, 0.3) is 0 Å². The summed E-state index contributed by atoms with van der Waals surface area (Å²) in [5.74, 6) is -2.25. The lowest BCUT2D eigenvalue weighted by Crippen LogP contribution is -2.28. The van der Waals surface area contributed by atoms with Crippen molar-refractivity contribution in [2.45, 2.75) is 19.4 Å². The maximum atomic E-state index is 13.4. The molecule has 1 rings (SSSR count). The van der Waals surface area contributed by atoms with Crippen molar-refractivity contribution in [2.24, 2.45) is 0 Å². The van der Waals surface area contributed by atoms with Crippen LogP contribution in [0.1, 0.15) is 24.9 Å². The molecule has 6 heteroatoms. The normalized spacial score (nSPS) is 11.7. The molecule has 0 fully saturated rings. The van der Waals surface area contributed by atoms with E-state index in [2.05, 4.69) is 5.32 Å². The molecule has 0 saturated carbocycles. The van der Waals surface area contributed by atoms with Crippen LogP contribution in [0.25, 0.3) is 0 Å². The van der Waals surface area contributed by atoms with E-state index in [9.17, 15) is 14.0 Å². The van der Waals surface area contributed by atoms with Gasteiger partial charge in [-0.15, -0.1) is 0 Å². The van der Waals surface area contributed by atoms with E-state index in [1.54, 1.807) is 13.0 Å². The molecule has 0 aromatic heterocycles. The van der Waals surface area contributed by atoms with Crippen LogP contribution in [0.15, 0.2) is 18.2 Å². The molecule has 0 heterocycles. The zero-order valence-corrected chi connectivity index (χ0v) is 10.1. The molecule has 0 aliphatic heterocycles. The Labute approximate surface area is 104 Å². The van der Waals surface area contributed by atoms with Gasteiger partial charge in [-0.05, 0) is 24.6 Å². The summed E-state index contributed by atoms with van der Waals surface area (Å²) in [7, 11) is 1.36. The van der Waals surface area contributed by atoms with Gasteiger partial charge in [-0.25, -0.2) is 4.39 Å². The van der Waals surface area contributed by atoms with Crippen LogP contribution in [0.3, 0.4) is 0 Å². The number of hydrogen-bond donors (Lipinski definition) is 2. The fraction of sp³-hybridized carbons (Fsp3) is 0.333. The number of hydrogen-bond acceptors (Lipinski definition) is 3. The van der Waals surface area contributed by atoms with E-state index in [0.717, 1.165) is 0 Å². The van der Waals surface area contributed by atoms with Gasteiger partial charge in [0, 0.05) is 0 Å². The third-order valence-electron chi connectivity index (χ3n) is 2.37. The molecule has 1 amide bonds. The number of nitrogens with one attached hydrogen (secondary N) is 1. The summed E-state index contributed by atoms with van der Waals surface area (Å²) in [5, 5.41) is 10.9. The van der Waals surface area contributed by atoms with Crippen LogP contribution in [0.5, 0.6) is 5.75 Å². The van der Waals surface area contributed by atoms with Gasteiger partial charge < -0.3 is 15.2 Å².